The number of nitrogen functional groups attached to an aromatic ring is 1. The Morgan fingerprint density at radius 1 is 1.23 bits per heavy atom. The highest BCUT2D eigenvalue weighted by molar-refractivity contribution is 5.67. The molecule has 0 radical (unpaired) electrons. The van der Waals surface area contributed by atoms with E-state index in [-0.39, 0.29) is 11.6 Å². The Morgan fingerprint density at radius 2 is 1.82 bits per heavy atom. The topological polar surface area (TPSA) is 78.6 Å². The molecular formula is C17H27N3O2. The molecule has 1 aromatic carbocycles. The average molecular weight is 305 g/mol. The van der Waals surface area contributed by atoms with E-state index in [1.165, 1.54) is 0 Å². The molecule has 0 aliphatic heterocycles. The van der Waals surface area contributed by atoms with Crippen LogP contribution in [-0.2, 0) is 0 Å². The Morgan fingerprint density at radius 3 is 2.32 bits per heavy atom. The highest BCUT2D eigenvalue weighted by atomic mass is 16.4. The number of nitrogens with one attached hydrogen (secondary N) is 1. The smallest absolute Gasteiger partial charge is 0.407 e. The van der Waals surface area contributed by atoms with Crippen molar-refractivity contribution >= 4 is 17.5 Å². The van der Waals surface area contributed by atoms with Gasteiger partial charge in [-0.1, -0.05) is 12.1 Å². The molecule has 5 heteroatoms. The highest BCUT2D eigenvalue weighted by Gasteiger charge is 2.35. The molecule has 1 amide bonds. The SMILES string of the molecule is CC(C)(C)N(C(=O)O)C1CCC(Nc2ccccc2N)CC1. The fourth-order valence-electron chi connectivity index (χ4n) is 3.32. The molecule has 122 valence electrons. The molecule has 1 fully saturated rings. The fourth-order valence-corrected chi connectivity index (χ4v) is 3.32. The minimum absolute atomic E-state index is 0.101. The van der Waals surface area contributed by atoms with Crippen molar-refractivity contribution in [1.29, 1.82) is 0 Å². The molecule has 0 bridgehead atoms. The molecular weight excluding hydrogens is 278 g/mol. The lowest BCUT2D eigenvalue weighted by Gasteiger charge is -2.43. The van der Waals surface area contributed by atoms with Crippen LogP contribution in [0, 0.1) is 0 Å². The first kappa shape index (κ1) is 16.5. The van der Waals surface area contributed by atoms with Crippen molar-refractivity contribution in [2.75, 3.05) is 11.1 Å². The van der Waals surface area contributed by atoms with Crippen LogP contribution in [0.25, 0.3) is 0 Å². The number of amides is 1. The molecule has 4 N–H and O–H groups in total. The first-order valence-electron chi connectivity index (χ1n) is 7.92. The molecule has 2 rings (SSSR count). The van der Waals surface area contributed by atoms with Crippen molar-refractivity contribution in [3.63, 3.8) is 0 Å². The average Bonchev–Trinajstić information content (AvgIpc) is 2.41. The van der Waals surface area contributed by atoms with Gasteiger partial charge in [-0.2, -0.15) is 0 Å². The first-order chi connectivity index (χ1) is 10.3. The minimum Gasteiger partial charge on any atom is -0.465 e. The summed E-state index contributed by atoms with van der Waals surface area (Å²) in [5.74, 6) is 0. The maximum Gasteiger partial charge on any atom is 0.407 e. The molecule has 1 aliphatic rings. The molecule has 0 atom stereocenters. The molecule has 0 aromatic heterocycles. The largest absolute Gasteiger partial charge is 0.465 e. The van der Waals surface area contributed by atoms with E-state index in [9.17, 15) is 9.90 Å². The highest BCUT2D eigenvalue weighted by Crippen LogP contribution is 2.30. The number of anilines is 2. The van der Waals surface area contributed by atoms with Gasteiger partial charge < -0.3 is 21.1 Å². The van der Waals surface area contributed by atoms with Crippen molar-refractivity contribution < 1.29 is 9.90 Å². The van der Waals surface area contributed by atoms with E-state index >= 15 is 0 Å². The third-order valence-electron chi connectivity index (χ3n) is 4.31. The van der Waals surface area contributed by atoms with Gasteiger partial charge in [0.15, 0.2) is 0 Å². The predicted octanol–water partition coefficient (Wildman–Crippen LogP) is 3.77. The van der Waals surface area contributed by atoms with Crippen LogP contribution in [0.4, 0.5) is 16.2 Å². The van der Waals surface area contributed by atoms with Gasteiger partial charge in [0, 0.05) is 17.6 Å². The zero-order chi connectivity index (χ0) is 16.3. The summed E-state index contributed by atoms with van der Waals surface area (Å²) >= 11 is 0. The monoisotopic (exact) mass is 305 g/mol. The minimum atomic E-state index is -0.823. The van der Waals surface area contributed by atoms with Gasteiger partial charge in [-0.05, 0) is 58.6 Å². The number of nitrogens with zero attached hydrogens (tertiary/aromatic N) is 1. The normalized spacial score (nSPS) is 22.1. The summed E-state index contributed by atoms with van der Waals surface area (Å²) in [7, 11) is 0. The number of carboxylic acid groups (broad SMARTS) is 1. The second-order valence-corrected chi connectivity index (χ2v) is 7.06. The zero-order valence-corrected chi connectivity index (χ0v) is 13.7. The maximum absolute atomic E-state index is 11.6. The van der Waals surface area contributed by atoms with Gasteiger partial charge in [0.2, 0.25) is 0 Å². The Hall–Kier alpha value is -1.91. The molecule has 0 spiro atoms. The number of rotatable bonds is 3. The number of hydrogen-bond donors (Lipinski definition) is 3. The number of benzene rings is 1. The molecule has 5 nitrogen and oxygen atoms in total. The first-order valence-corrected chi connectivity index (χ1v) is 7.92. The lowest BCUT2D eigenvalue weighted by atomic mass is 9.88. The third-order valence-corrected chi connectivity index (χ3v) is 4.31. The van der Waals surface area contributed by atoms with Crippen LogP contribution in [0.1, 0.15) is 46.5 Å². The van der Waals surface area contributed by atoms with Gasteiger partial charge in [0.25, 0.3) is 0 Å². The summed E-state index contributed by atoms with van der Waals surface area (Å²) in [5, 5.41) is 13.0. The van der Waals surface area contributed by atoms with Gasteiger partial charge >= 0.3 is 6.09 Å². The molecule has 0 saturated heterocycles. The molecule has 1 aromatic rings. The van der Waals surface area contributed by atoms with E-state index < -0.39 is 6.09 Å². The van der Waals surface area contributed by atoms with E-state index in [1.807, 2.05) is 45.0 Å². The summed E-state index contributed by atoms with van der Waals surface area (Å²) in [5.41, 5.74) is 7.33. The van der Waals surface area contributed by atoms with E-state index in [2.05, 4.69) is 5.32 Å². The Balaban J connectivity index is 1.95. The Kier molecular flexibility index (Phi) is 4.84. The van der Waals surface area contributed by atoms with Crippen molar-refractivity contribution in [3.05, 3.63) is 24.3 Å². The molecule has 1 saturated carbocycles. The van der Waals surface area contributed by atoms with Crippen LogP contribution >= 0.6 is 0 Å². The standard InChI is InChI=1S/C17H27N3O2/c1-17(2,3)20(16(21)22)13-10-8-12(9-11-13)19-15-7-5-4-6-14(15)18/h4-7,12-13,19H,8-11,18H2,1-3H3,(H,21,22). The zero-order valence-electron chi connectivity index (χ0n) is 13.7. The number of nitrogens with two attached hydrogens (primary N) is 1. The van der Waals surface area contributed by atoms with Crippen LogP contribution in [-0.4, -0.2) is 33.7 Å². The number of hydrogen-bond acceptors (Lipinski definition) is 3. The van der Waals surface area contributed by atoms with Crippen LogP contribution in [0.15, 0.2) is 24.3 Å². The molecule has 0 heterocycles. The lowest BCUT2D eigenvalue weighted by molar-refractivity contribution is 0.0557. The summed E-state index contributed by atoms with van der Waals surface area (Å²) < 4.78 is 0. The van der Waals surface area contributed by atoms with Gasteiger partial charge in [-0.3, -0.25) is 0 Å². The molecule has 22 heavy (non-hydrogen) atoms. The maximum atomic E-state index is 11.6. The van der Waals surface area contributed by atoms with Gasteiger partial charge in [0.05, 0.1) is 11.4 Å². The van der Waals surface area contributed by atoms with Crippen LogP contribution in [0.3, 0.4) is 0 Å². The van der Waals surface area contributed by atoms with E-state index in [0.29, 0.717) is 6.04 Å². The van der Waals surface area contributed by atoms with Crippen molar-refractivity contribution in [2.45, 2.75) is 64.1 Å². The number of carbonyl (C=O) groups is 1. The van der Waals surface area contributed by atoms with E-state index in [1.54, 1.807) is 4.90 Å². The van der Waals surface area contributed by atoms with Crippen LogP contribution < -0.4 is 11.1 Å². The third kappa shape index (κ3) is 3.84. The Labute approximate surface area is 132 Å². The van der Waals surface area contributed by atoms with Crippen LogP contribution in [0.2, 0.25) is 0 Å². The molecule has 0 unspecified atom stereocenters. The second-order valence-electron chi connectivity index (χ2n) is 7.06. The summed E-state index contributed by atoms with van der Waals surface area (Å²) in [6.07, 6.45) is 2.86. The van der Waals surface area contributed by atoms with Gasteiger partial charge in [0.1, 0.15) is 0 Å². The van der Waals surface area contributed by atoms with Crippen LogP contribution in [0.5, 0.6) is 0 Å². The van der Waals surface area contributed by atoms with Crippen molar-refractivity contribution in [3.8, 4) is 0 Å². The fraction of sp³-hybridized carbons (Fsp3) is 0.588. The van der Waals surface area contributed by atoms with Crippen molar-refractivity contribution in [1.82, 2.24) is 4.90 Å². The van der Waals surface area contributed by atoms with E-state index in [0.717, 1.165) is 37.1 Å². The lowest BCUT2D eigenvalue weighted by Crippen LogP contribution is -2.52. The van der Waals surface area contributed by atoms with Gasteiger partial charge in [-0.25, -0.2) is 4.79 Å². The number of para-hydroxylation sites is 2. The van der Waals surface area contributed by atoms with Crippen molar-refractivity contribution in [2.24, 2.45) is 0 Å². The summed E-state index contributed by atoms with van der Waals surface area (Å²) in [4.78, 5) is 13.2. The van der Waals surface area contributed by atoms with E-state index in [4.69, 9.17) is 5.73 Å². The van der Waals surface area contributed by atoms with Gasteiger partial charge in [-0.15, -0.1) is 0 Å². The Bertz CT molecular complexity index is 517. The second kappa shape index (κ2) is 6.46. The summed E-state index contributed by atoms with van der Waals surface area (Å²) in [6, 6.07) is 8.22. The summed E-state index contributed by atoms with van der Waals surface area (Å²) in [6.45, 7) is 5.86. The predicted molar refractivity (Wildman–Crippen MR) is 90.1 cm³/mol. The molecule has 1 aliphatic carbocycles. The quantitative estimate of drug-likeness (QED) is 0.743.